The Labute approximate surface area is 427 Å². The van der Waals surface area contributed by atoms with Crippen molar-refractivity contribution < 1.29 is 32.9 Å². The monoisotopic (exact) mass is 988 g/mol. The predicted octanol–water partition coefficient (Wildman–Crippen LogP) is 17.5. The molecule has 0 saturated carbocycles. The minimum atomic E-state index is -4.37. The predicted molar refractivity (Wildman–Crippen MR) is 300 cm³/mol. The molecular weight excluding hydrogens is 876 g/mol. The number of aliphatic hydroxyl groups is 1. The van der Waals surface area contributed by atoms with Crippen LogP contribution < -0.4 is 5.32 Å². The molecule has 402 valence electrons. The fourth-order valence-corrected chi connectivity index (χ4v) is 8.90. The van der Waals surface area contributed by atoms with Gasteiger partial charge in [-0.1, -0.05) is 247 Å². The number of carbonyl (C=O) groups excluding carboxylic acids is 1. The summed E-state index contributed by atoms with van der Waals surface area (Å²) < 4.78 is 23.7. The third kappa shape index (κ3) is 53.6. The second-order valence-corrected chi connectivity index (χ2v) is 22.1. The van der Waals surface area contributed by atoms with Gasteiger partial charge in [0.25, 0.3) is 0 Å². The zero-order valence-electron chi connectivity index (χ0n) is 45.8. The van der Waals surface area contributed by atoms with Gasteiger partial charge >= 0.3 is 7.82 Å². The van der Waals surface area contributed by atoms with Gasteiger partial charge in [0.15, 0.2) is 0 Å². The number of hydrogen-bond donors (Lipinski definition) is 3. The number of amides is 1. The van der Waals surface area contributed by atoms with Gasteiger partial charge in [-0.2, -0.15) is 0 Å². The van der Waals surface area contributed by atoms with E-state index in [1.54, 1.807) is 6.08 Å². The van der Waals surface area contributed by atoms with Gasteiger partial charge in [-0.3, -0.25) is 13.8 Å². The summed E-state index contributed by atoms with van der Waals surface area (Å²) in [6.45, 7) is 4.67. The molecule has 0 aliphatic rings. The first-order valence-electron chi connectivity index (χ1n) is 28.8. The maximum atomic E-state index is 12.9. The molecule has 3 atom stereocenters. The zero-order valence-corrected chi connectivity index (χ0v) is 46.7. The first-order chi connectivity index (χ1) is 33.5. The molecule has 0 aromatic carbocycles. The van der Waals surface area contributed by atoms with E-state index in [1.165, 1.54) is 154 Å². The lowest BCUT2D eigenvalue weighted by Crippen LogP contribution is -2.45. The molecule has 0 heterocycles. The summed E-state index contributed by atoms with van der Waals surface area (Å²) in [5, 5.41) is 13.9. The SMILES string of the molecule is CC/C=C\C/C=C\C/C=C\C/C=C\CCCCCCC(=O)NC(COP(=O)(O)OCC[N+](C)(C)C)C(O)/C=C/CC/C=C/CCCCCCCCCCCCCCCCCCCCCCCCCC. The Morgan fingerprint density at radius 3 is 1.33 bits per heavy atom. The van der Waals surface area contributed by atoms with Gasteiger partial charge in [0, 0.05) is 6.42 Å². The van der Waals surface area contributed by atoms with Gasteiger partial charge in [0.1, 0.15) is 13.2 Å². The summed E-state index contributed by atoms with van der Waals surface area (Å²) >= 11 is 0. The zero-order chi connectivity index (χ0) is 50.6. The molecule has 0 aromatic heterocycles. The van der Waals surface area contributed by atoms with Crippen molar-refractivity contribution >= 4 is 13.7 Å². The Bertz CT molecular complexity index is 1350. The van der Waals surface area contributed by atoms with Crippen molar-refractivity contribution in [1.82, 2.24) is 5.32 Å². The van der Waals surface area contributed by atoms with E-state index in [2.05, 4.69) is 79.9 Å². The van der Waals surface area contributed by atoms with Gasteiger partial charge in [0.05, 0.1) is 39.9 Å². The molecule has 0 aliphatic carbocycles. The van der Waals surface area contributed by atoms with Crippen LogP contribution in [0.5, 0.6) is 0 Å². The van der Waals surface area contributed by atoms with Crippen molar-refractivity contribution in [3.8, 4) is 0 Å². The van der Waals surface area contributed by atoms with E-state index in [1.807, 2.05) is 27.2 Å². The highest BCUT2D eigenvalue weighted by atomic mass is 31.2. The molecule has 8 nitrogen and oxygen atoms in total. The number of likely N-dealkylation sites (N-methyl/N-ethyl adjacent to an activating group) is 1. The van der Waals surface area contributed by atoms with Crippen LogP contribution in [0.4, 0.5) is 0 Å². The Kier molecular flexibility index (Phi) is 49.3. The van der Waals surface area contributed by atoms with Crippen molar-refractivity contribution in [2.75, 3.05) is 40.9 Å². The van der Waals surface area contributed by atoms with Gasteiger partial charge in [-0.05, 0) is 70.6 Å². The average molecular weight is 989 g/mol. The molecule has 0 rings (SSSR count). The van der Waals surface area contributed by atoms with Crippen LogP contribution in [0.15, 0.2) is 72.9 Å². The Morgan fingerprint density at radius 2 is 0.884 bits per heavy atom. The molecule has 3 N–H and O–H groups in total. The molecule has 0 aliphatic heterocycles. The van der Waals surface area contributed by atoms with Crippen molar-refractivity contribution in [3.63, 3.8) is 0 Å². The third-order valence-corrected chi connectivity index (χ3v) is 13.6. The van der Waals surface area contributed by atoms with Crippen LogP contribution in [-0.2, 0) is 18.4 Å². The van der Waals surface area contributed by atoms with Crippen LogP contribution >= 0.6 is 7.82 Å². The molecule has 0 spiro atoms. The number of rotatable bonds is 52. The summed E-state index contributed by atoms with van der Waals surface area (Å²) in [6, 6.07) is -0.881. The minimum absolute atomic E-state index is 0.0478. The third-order valence-electron chi connectivity index (χ3n) is 12.7. The molecule has 0 bridgehead atoms. The maximum Gasteiger partial charge on any atom is 0.472 e. The van der Waals surface area contributed by atoms with Crippen molar-refractivity contribution in [1.29, 1.82) is 0 Å². The highest BCUT2D eigenvalue weighted by Crippen LogP contribution is 2.43. The van der Waals surface area contributed by atoms with Crippen LogP contribution in [0.25, 0.3) is 0 Å². The number of nitrogens with one attached hydrogen (secondary N) is 1. The van der Waals surface area contributed by atoms with E-state index in [0.717, 1.165) is 77.0 Å². The molecule has 0 fully saturated rings. The standard InChI is InChI=1S/C60H111N2O6P/c1-6-8-10-12-14-16-18-20-22-24-25-26-27-28-29-30-31-32-33-34-35-36-38-39-41-43-45-47-49-51-53-59(63)58(57-68-69(65,66)67-56-55-62(3,4)5)61-60(64)54-52-50-48-46-44-42-40-37-23-21-19-17-15-13-11-9-7-2/h9,11,15,17,21,23,40,42-43,45,51,53,58-59,63H,6-8,10,12-14,16,18-20,22,24-39,41,44,46-50,52,54-57H2,1-5H3,(H-,61,64,65,66)/p+1/b11-9-,17-15-,23-21-,42-40-,45-43+,53-51+. The highest BCUT2D eigenvalue weighted by Gasteiger charge is 2.27. The number of phosphoric acid groups is 1. The summed E-state index contributed by atoms with van der Waals surface area (Å²) in [4.78, 5) is 23.2. The lowest BCUT2D eigenvalue weighted by atomic mass is 10.0. The first kappa shape index (κ1) is 66.9. The van der Waals surface area contributed by atoms with E-state index < -0.39 is 20.0 Å². The summed E-state index contributed by atoms with van der Waals surface area (Å²) in [5.41, 5.74) is 0. The highest BCUT2D eigenvalue weighted by molar-refractivity contribution is 7.47. The minimum Gasteiger partial charge on any atom is -0.387 e. The van der Waals surface area contributed by atoms with Crippen LogP contribution in [-0.4, -0.2) is 73.4 Å². The lowest BCUT2D eigenvalue weighted by Gasteiger charge is -2.25. The fourth-order valence-electron chi connectivity index (χ4n) is 8.17. The second kappa shape index (κ2) is 50.9. The van der Waals surface area contributed by atoms with Crippen molar-refractivity contribution in [3.05, 3.63) is 72.9 Å². The van der Waals surface area contributed by atoms with Crippen LogP contribution in [0, 0.1) is 0 Å². The molecule has 0 radical (unpaired) electrons. The number of phosphoric ester groups is 1. The lowest BCUT2D eigenvalue weighted by molar-refractivity contribution is -0.870. The van der Waals surface area contributed by atoms with Crippen molar-refractivity contribution in [2.24, 2.45) is 0 Å². The maximum absolute atomic E-state index is 12.9. The second-order valence-electron chi connectivity index (χ2n) is 20.6. The van der Waals surface area contributed by atoms with Gasteiger partial charge in [0.2, 0.25) is 5.91 Å². The molecule has 9 heteroatoms. The Balaban J connectivity index is 4.22. The summed E-state index contributed by atoms with van der Waals surface area (Å²) in [5.74, 6) is -0.211. The molecule has 69 heavy (non-hydrogen) atoms. The van der Waals surface area contributed by atoms with Gasteiger partial charge in [-0.25, -0.2) is 4.57 Å². The number of aliphatic hydroxyl groups excluding tert-OH is 1. The fraction of sp³-hybridized carbons (Fsp3) is 0.783. The Hall–Kier alpha value is -2.06. The number of unbranched alkanes of at least 4 members (excludes halogenated alkanes) is 29. The first-order valence-corrected chi connectivity index (χ1v) is 30.3. The van der Waals surface area contributed by atoms with Crippen LogP contribution in [0.1, 0.15) is 251 Å². The van der Waals surface area contributed by atoms with Gasteiger partial charge < -0.3 is 19.8 Å². The molecule has 0 aromatic rings. The topological polar surface area (TPSA) is 105 Å². The number of nitrogens with zero attached hydrogens (tertiary/aromatic N) is 1. The largest absolute Gasteiger partial charge is 0.472 e. The number of quaternary nitrogens is 1. The summed E-state index contributed by atoms with van der Waals surface area (Å²) in [6.07, 6.45) is 70.2. The average Bonchev–Trinajstić information content (AvgIpc) is 3.31. The molecule has 1 amide bonds. The number of hydrogen-bond acceptors (Lipinski definition) is 5. The van der Waals surface area contributed by atoms with Crippen molar-refractivity contribution in [2.45, 2.75) is 264 Å². The van der Waals surface area contributed by atoms with E-state index >= 15 is 0 Å². The van der Waals surface area contributed by atoms with E-state index in [4.69, 9.17) is 9.05 Å². The van der Waals surface area contributed by atoms with Gasteiger partial charge in [-0.15, -0.1) is 0 Å². The molecule has 3 unspecified atom stereocenters. The number of carbonyl (C=O) groups is 1. The quantitative estimate of drug-likeness (QED) is 0.0243. The van der Waals surface area contributed by atoms with E-state index in [-0.39, 0.29) is 19.1 Å². The van der Waals surface area contributed by atoms with Crippen LogP contribution in [0.2, 0.25) is 0 Å². The summed E-state index contributed by atoms with van der Waals surface area (Å²) in [7, 11) is 1.53. The van der Waals surface area contributed by atoms with E-state index in [9.17, 15) is 19.4 Å². The smallest absolute Gasteiger partial charge is 0.387 e. The van der Waals surface area contributed by atoms with E-state index in [0.29, 0.717) is 17.4 Å². The normalized spacial score (nSPS) is 14.5. The number of allylic oxidation sites excluding steroid dienone is 11. The van der Waals surface area contributed by atoms with Crippen LogP contribution in [0.3, 0.4) is 0 Å². The molecule has 0 saturated heterocycles. The molecular formula is C60H112N2O6P+. The Morgan fingerprint density at radius 1 is 0.507 bits per heavy atom.